The number of fused-ring (bicyclic) bond motifs is 1. The average molecular weight is 310 g/mol. The highest BCUT2D eigenvalue weighted by Gasteiger charge is 2.09. The lowest BCUT2D eigenvalue weighted by Crippen LogP contribution is -2.29. The summed E-state index contributed by atoms with van der Waals surface area (Å²) in [7, 11) is 1.59. The van der Waals surface area contributed by atoms with Crippen molar-refractivity contribution in [3.05, 3.63) is 48.3 Å². The topological polar surface area (TPSA) is 93.0 Å². The van der Waals surface area contributed by atoms with E-state index in [0.29, 0.717) is 24.7 Å². The number of aromatic nitrogens is 2. The van der Waals surface area contributed by atoms with Gasteiger partial charge in [0.2, 0.25) is 5.88 Å². The molecule has 4 N–H and O–H groups in total. The molecule has 0 spiro atoms. The Morgan fingerprint density at radius 2 is 2.09 bits per heavy atom. The number of H-pyrrole nitrogens is 1. The van der Waals surface area contributed by atoms with Gasteiger partial charge in [0, 0.05) is 41.8 Å². The summed E-state index contributed by atoms with van der Waals surface area (Å²) in [6.45, 7) is 0.873. The second kappa shape index (κ2) is 6.50. The Morgan fingerprint density at radius 1 is 1.26 bits per heavy atom. The highest BCUT2D eigenvalue weighted by molar-refractivity contribution is 5.98. The van der Waals surface area contributed by atoms with Crippen molar-refractivity contribution < 1.29 is 9.53 Å². The van der Waals surface area contributed by atoms with Crippen molar-refractivity contribution in [1.82, 2.24) is 15.3 Å². The Morgan fingerprint density at radius 3 is 2.78 bits per heavy atom. The Bertz CT molecular complexity index is 824. The molecule has 0 aliphatic rings. The molecule has 2 heterocycles. The van der Waals surface area contributed by atoms with Gasteiger partial charge in [0.15, 0.2) is 0 Å². The van der Waals surface area contributed by atoms with Crippen LogP contribution in [0.1, 0.15) is 10.5 Å². The van der Waals surface area contributed by atoms with Crippen LogP contribution in [0, 0.1) is 0 Å². The molecule has 0 unspecified atom stereocenters. The molecule has 1 amide bonds. The maximum atomic E-state index is 12.0. The summed E-state index contributed by atoms with van der Waals surface area (Å²) in [4.78, 5) is 19.3. The smallest absolute Gasteiger partial charge is 0.267 e. The van der Waals surface area contributed by atoms with E-state index in [1.807, 2.05) is 36.4 Å². The fraction of sp³-hybridized carbons (Fsp3) is 0.176. The Kier molecular flexibility index (Phi) is 4.25. The van der Waals surface area contributed by atoms with Crippen LogP contribution in [-0.2, 0) is 0 Å². The molecule has 0 aliphatic carbocycles. The number of rotatable bonds is 5. The molecule has 0 bridgehead atoms. The van der Waals surface area contributed by atoms with E-state index in [1.54, 1.807) is 13.3 Å². The fourth-order valence-corrected chi connectivity index (χ4v) is 2.39. The van der Waals surface area contributed by atoms with E-state index in [0.717, 1.165) is 22.0 Å². The molecule has 0 fully saturated rings. The molecule has 0 aliphatic heterocycles. The third-order valence-electron chi connectivity index (χ3n) is 3.57. The van der Waals surface area contributed by atoms with E-state index in [4.69, 9.17) is 10.5 Å². The molecule has 3 rings (SSSR count). The van der Waals surface area contributed by atoms with Gasteiger partial charge in [-0.2, -0.15) is 0 Å². The van der Waals surface area contributed by atoms with Crippen molar-refractivity contribution in [3.8, 4) is 17.0 Å². The first-order valence-corrected chi connectivity index (χ1v) is 7.32. The van der Waals surface area contributed by atoms with Gasteiger partial charge < -0.3 is 20.8 Å². The van der Waals surface area contributed by atoms with Gasteiger partial charge in [0.1, 0.15) is 5.69 Å². The summed E-state index contributed by atoms with van der Waals surface area (Å²) in [5.41, 5.74) is 8.85. The van der Waals surface area contributed by atoms with Crippen LogP contribution in [-0.4, -0.2) is 36.1 Å². The van der Waals surface area contributed by atoms with Crippen molar-refractivity contribution in [2.45, 2.75) is 0 Å². The maximum absolute atomic E-state index is 12.0. The van der Waals surface area contributed by atoms with Crippen molar-refractivity contribution in [3.63, 3.8) is 0 Å². The molecule has 3 aromatic rings. The largest absolute Gasteiger partial charge is 0.481 e. The molecule has 23 heavy (non-hydrogen) atoms. The quantitative estimate of drug-likeness (QED) is 0.671. The summed E-state index contributed by atoms with van der Waals surface area (Å²) in [5, 5.41) is 3.72. The lowest BCUT2D eigenvalue weighted by atomic mass is 10.1. The lowest BCUT2D eigenvalue weighted by molar-refractivity contribution is 0.0950. The van der Waals surface area contributed by atoms with Gasteiger partial charge in [-0.05, 0) is 29.8 Å². The van der Waals surface area contributed by atoms with E-state index < -0.39 is 0 Å². The summed E-state index contributed by atoms with van der Waals surface area (Å²) in [5.74, 6) is 0.426. The number of aromatic amines is 1. The van der Waals surface area contributed by atoms with Crippen molar-refractivity contribution in [1.29, 1.82) is 0 Å². The number of nitrogens with zero attached hydrogens (tertiary/aromatic N) is 1. The molecular formula is C17H18N4O2. The molecular weight excluding hydrogens is 292 g/mol. The van der Waals surface area contributed by atoms with Crippen molar-refractivity contribution in [2.24, 2.45) is 5.73 Å². The van der Waals surface area contributed by atoms with Gasteiger partial charge in [-0.1, -0.05) is 6.07 Å². The van der Waals surface area contributed by atoms with Crippen LogP contribution in [0.15, 0.2) is 42.6 Å². The third-order valence-corrected chi connectivity index (χ3v) is 3.57. The van der Waals surface area contributed by atoms with Crippen molar-refractivity contribution >= 4 is 16.8 Å². The average Bonchev–Trinajstić information content (AvgIpc) is 3.03. The lowest BCUT2D eigenvalue weighted by Gasteiger charge is -2.03. The predicted octanol–water partition coefficient (Wildman–Crippen LogP) is 1.93. The number of pyridine rings is 1. The van der Waals surface area contributed by atoms with E-state index in [1.165, 1.54) is 0 Å². The van der Waals surface area contributed by atoms with Crippen LogP contribution in [0.4, 0.5) is 0 Å². The summed E-state index contributed by atoms with van der Waals surface area (Å²) < 4.78 is 5.07. The Hall–Kier alpha value is -2.86. The number of hydrogen-bond acceptors (Lipinski definition) is 4. The molecule has 6 nitrogen and oxygen atoms in total. The first kappa shape index (κ1) is 15.1. The number of ether oxygens (including phenoxy) is 1. The highest BCUT2D eigenvalue weighted by Crippen LogP contribution is 2.25. The third kappa shape index (κ3) is 3.17. The maximum Gasteiger partial charge on any atom is 0.267 e. The number of amides is 1. The van der Waals surface area contributed by atoms with Gasteiger partial charge in [0.05, 0.1) is 7.11 Å². The van der Waals surface area contributed by atoms with Gasteiger partial charge >= 0.3 is 0 Å². The Balaban J connectivity index is 1.90. The zero-order valence-corrected chi connectivity index (χ0v) is 12.8. The van der Waals surface area contributed by atoms with Gasteiger partial charge in [-0.3, -0.25) is 4.79 Å². The predicted molar refractivity (Wildman–Crippen MR) is 89.5 cm³/mol. The normalized spacial score (nSPS) is 10.7. The monoisotopic (exact) mass is 310 g/mol. The molecule has 0 atom stereocenters. The fourth-order valence-electron chi connectivity index (χ4n) is 2.39. The molecule has 0 saturated heterocycles. The number of methoxy groups -OCH3 is 1. The number of carbonyl (C=O) groups is 1. The highest BCUT2D eigenvalue weighted by atomic mass is 16.5. The van der Waals surface area contributed by atoms with E-state index in [2.05, 4.69) is 15.3 Å². The summed E-state index contributed by atoms with van der Waals surface area (Å²) >= 11 is 0. The minimum absolute atomic E-state index is 0.153. The van der Waals surface area contributed by atoms with Crippen LogP contribution in [0.3, 0.4) is 0 Å². The zero-order valence-electron chi connectivity index (χ0n) is 12.8. The second-order valence-electron chi connectivity index (χ2n) is 5.12. The van der Waals surface area contributed by atoms with E-state index >= 15 is 0 Å². The molecule has 1 aromatic carbocycles. The van der Waals surface area contributed by atoms with Crippen LogP contribution in [0.25, 0.3) is 22.0 Å². The zero-order chi connectivity index (χ0) is 16.2. The van der Waals surface area contributed by atoms with E-state index in [-0.39, 0.29) is 5.91 Å². The number of nitrogens with one attached hydrogen (secondary N) is 2. The minimum Gasteiger partial charge on any atom is -0.481 e. The van der Waals surface area contributed by atoms with Gasteiger partial charge in [-0.15, -0.1) is 0 Å². The number of benzene rings is 1. The second-order valence-corrected chi connectivity index (χ2v) is 5.12. The van der Waals surface area contributed by atoms with Crippen molar-refractivity contribution in [2.75, 3.05) is 20.2 Å². The van der Waals surface area contributed by atoms with Crippen LogP contribution in [0.2, 0.25) is 0 Å². The summed E-state index contributed by atoms with van der Waals surface area (Å²) in [6.07, 6.45) is 1.77. The molecule has 6 heteroatoms. The SMILES string of the molecule is COc1ccc(-c2ccc3[nH]c(C(=O)NCCN)cc3c2)cn1. The number of carbonyl (C=O) groups excluding carboxylic acids is 1. The number of nitrogens with two attached hydrogens (primary N) is 1. The molecule has 0 radical (unpaired) electrons. The molecule has 0 saturated carbocycles. The summed E-state index contributed by atoms with van der Waals surface area (Å²) in [6, 6.07) is 11.6. The van der Waals surface area contributed by atoms with Gasteiger partial charge in [-0.25, -0.2) is 4.98 Å². The standard InChI is InChI=1S/C17H18N4O2/c1-23-16-5-3-12(10-20-16)11-2-4-14-13(8-11)9-15(21-14)17(22)19-7-6-18/h2-5,8-10,21H,6-7,18H2,1H3,(H,19,22). The minimum atomic E-state index is -0.153. The van der Waals surface area contributed by atoms with E-state index in [9.17, 15) is 4.79 Å². The van der Waals surface area contributed by atoms with Crippen LogP contribution >= 0.6 is 0 Å². The van der Waals surface area contributed by atoms with Crippen LogP contribution in [0.5, 0.6) is 5.88 Å². The first-order chi connectivity index (χ1) is 11.2. The molecule has 118 valence electrons. The van der Waals surface area contributed by atoms with Gasteiger partial charge in [0.25, 0.3) is 5.91 Å². The molecule has 2 aromatic heterocycles. The Labute approximate surface area is 133 Å². The first-order valence-electron chi connectivity index (χ1n) is 7.32. The number of hydrogen-bond donors (Lipinski definition) is 3. The van der Waals surface area contributed by atoms with Crippen LogP contribution < -0.4 is 15.8 Å².